The van der Waals surface area contributed by atoms with Crippen LogP contribution in [0, 0.1) is 0 Å². The van der Waals surface area contributed by atoms with Crippen molar-refractivity contribution in [3.05, 3.63) is 30.1 Å². The molecular weight excluding hydrogens is 176 g/mol. The molecule has 0 saturated carbocycles. The minimum atomic E-state index is 0.250. The van der Waals surface area contributed by atoms with Crippen LogP contribution in [0.1, 0.15) is 25.5 Å². The zero-order valence-electron chi connectivity index (χ0n) is 9.03. The quantitative estimate of drug-likeness (QED) is 0.775. The lowest BCUT2D eigenvalue weighted by Crippen LogP contribution is -2.23. The van der Waals surface area contributed by atoms with Gasteiger partial charge in [-0.2, -0.15) is 0 Å². The molecule has 3 nitrogen and oxygen atoms in total. The highest BCUT2D eigenvalue weighted by molar-refractivity contribution is 5.14. The molecule has 0 aliphatic carbocycles. The summed E-state index contributed by atoms with van der Waals surface area (Å²) in [5.74, 6) is 0. The van der Waals surface area contributed by atoms with E-state index in [1.807, 2.05) is 33.0 Å². The van der Waals surface area contributed by atoms with Crippen molar-refractivity contribution in [3.63, 3.8) is 0 Å². The molecule has 1 N–H and O–H groups in total. The number of hydrogen-bond acceptors (Lipinski definition) is 3. The zero-order valence-corrected chi connectivity index (χ0v) is 9.03. The summed E-state index contributed by atoms with van der Waals surface area (Å²) in [5.41, 5.74) is 1.21. The van der Waals surface area contributed by atoms with Crippen molar-refractivity contribution in [2.24, 2.45) is 0 Å². The predicted octanol–water partition coefficient (Wildman–Crippen LogP) is 1.77. The van der Waals surface area contributed by atoms with Crippen LogP contribution >= 0.6 is 0 Å². The molecule has 1 aromatic heterocycles. The largest absolute Gasteiger partial charge is 0.377 e. The summed E-state index contributed by atoms with van der Waals surface area (Å²) in [7, 11) is 1.94. The SMILES string of the molecule is CNC(COC(C)C)c1ccncc1. The van der Waals surface area contributed by atoms with Gasteiger partial charge in [0.05, 0.1) is 18.8 Å². The Kier molecular flexibility index (Phi) is 4.56. The maximum Gasteiger partial charge on any atom is 0.0664 e. The summed E-state index contributed by atoms with van der Waals surface area (Å²) in [6.45, 7) is 4.77. The standard InChI is InChI=1S/C11H18N2O/c1-9(2)14-8-11(12-3)10-4-6-13-7-5-10/h4-7,9,11-12H,8H2,1-3H3. The molecule has 1 heterocycles. The molecule has 0 aromatic carbocycles. The molecule has 3 heteroatoms. The maximum atomic E-state index is 5.57. The average Bonchev–Trinajstić information content (AvgIpc) is 2.20. The molecule has 0 aliphatic heterocycles. The molecule has 0 saturated heterocycles. The van der Waals surface area contributed by atoms with E-state index >= 15 is 0 Å². The van der Waals surface area contributed by atoms with Crippen LogP contribution in [-0.4, -0.2) is 24.7 Å². The Balaban J connectivity index is 2.54. The topological polar surface area (TPSA) is 34.1 Å². The van der Waals surface area contributed by atoms with Gasteiger partial charge in [0.1, 0.15) is 0 Å². The molecule has 0 amide bonds. The fourth-order valence-corrected chi connectivity index (χ4v) is 1.23. The summed E-state index contributed by atoms with van der Waals surface area (Å²) >= 11 is 0. The van der Waals surface area contributed by atoms with Gasteiger partial charge in [0, 0.05) is 12.4 Å². The van der Waals surface area contributed by atoms with Gasteiger partial charge in [-0.3, -0.25) is 4.98 Å². The van der Waals surface area contributed by atoms with Gasteiger partial charge < -0.3 is 10.1 Å². The second kappa shape index (κ2) is 5.73. The van der Waals surface area contributed by atoms with E-state index in [0.717, 1.165) is 0 Å². The van der Waals surface area contributed by atoms with Gasteiger partial charge in [-0.05, 0) is 38.6 Å². The van der Waals surface area contributed by atoms with Crippen molar-refractivity contribution >= 4 is 0 Å². The molecule has 0 radical (unpaired) electrons. The first-order chi connectivity index (χ1) is 6.74. The first-order valence-electron chi connectivity index (χ1n) is 4.93. The van der Waals surface area contributed by atoms with E-state index in [4.69, 9.17) is 4.74 Å². The van der Waals surface area contributed by atoms with Gasteiger partial charge in [-0.25, -0.2) is 0 Å². The number of hydrogen-bond donors (Lipinski definition) is 1. The highest BCUT2D eigenvalue weighted by atomic mass is 16.5. The molecule has 1 aromatic rings. The van der Waals surface area contributed by atoms with Gasteiger partial charge in [0.15, 0.2) is 0 Å². The number of pyridine rings is 1. The molecular formula is C11H18N2O. The smallest absolute Gasteiger partial charge is 0.0664 e. The molecule has 0 fully saturated rings. The fraction of sp³-hybridized carbons (Fsp3) is 0.545. The number of nitrogens with zero attached hydrogens (tertiary/aromatic N) is 1. The van der Waals surface area contributed by atoms with Crippen LogP contribution in [0.3, 0.4) is 0 Å². The maximum absolute atomic E-state index is 5.57. The Morgan fingerprint density at radius 2 is 2.00 bits per heavy atom. The van der Waals surface area contributed by atoms with E-state index in [-0.39, 0.29) is 12.1 Å². The summed E-state index contributed by atoms with van der Waals surface area (Å²) in [5, 5.41) is 3.22. The molecule has 0 aliphatic rings. The molecule has 0 bridgehead atoms. The van der Waals surface area contributed by atoms with Crippen LogP contribution < -0.4 is 5.32 Å². The Morgan fingerprint density at radius 3 is 2.50 bits per heavy atom. The van der Waals surface area contributed by atoms with E-state index in [2.05, 4.69) is 10.3 Å². The van der Waals surface area contributed by atoms with E-state index in [1.54, 1.807) is 12.4 Å². The van der Waals surface area contributed by atoms with Crippen LogP contribution in [0.4, 0.5) is 0 Å². The second-order valence-corrected chi connectivity index (χ2v) is 3.50. The minimum Gasteiger partial charge on any atom is -0.377 e. The van der Waals surface area contributed by atoms with Crippen molar-refractivity contribution < 1.29 is 4.74 Å². The monoisotopic (exact) mass is 194 g/mol. The fourth-order valence-electron chi connectivity index (χ4n) is 1.23. The van der Waals surface area contributed by atoms with Crippen LogP contribution in [-0.2, 0) is 4.74 Å². The van der Waals surface area contributed by atoms with Gasteiger partial charge >= 0.3 is 0 Å². The lowest BCUT2D eigenvalue weighted by atomic mass is 10.1. The summed E-state index contributed by atoms with van der Waals surface area (Å²) in [6.07, 6.45) is 3.87. The second-order valence-electron chi connectivity index (χ2n) is 3.50. The van der Waals surface area contributed by atoms with E-state index < -0.39 is 0 Å². The van der Waals surface area contributed by atoms with Gasteiger partial charge in [-0.1, -0.05) is 0 Å². The summed E-state index contributed by atoms with van der Waals surface area (Å²) in [4.78, 5) is 3.99. The number of aromatic nitrogens is 1. The van der Waals surface area contributed by atoms with Crippen LogP contribution in [0.5, 0.6) is 0 Å². The normalized spacial score (nSPS) is 13.1. The lowest BCUT2D eigenvalue weighted by Gasteiger charge is -2.18. The number of rotatable bonds is 5. The van der Waals surface area contributed by atoms with Crippen LogP contribution in [0.2, 0.25) is 0 Å². The highest BCUT2D eigenvalue weighted by Crippen LogP contribution is 2.11. The van der Waals surface area contributed by atoms with E-state index in [9.17, 15) is 0 Å². The van der Waals surface area contributed by atoms with Gasteiger partial charge in [0.25, 0.3) is 0 Å². The third kappa shape index (κ3) is 3.44. The number of likely N-dealkylation sites (N-methyl/N-ethyl adjacent to an activating group) is 1. The summed E-state index contributed by atoms with van der Waals surface area (Å²) in [6, 6.07) is 4.26. The third-order valence-electron chi connectivity index (χ3n) is 2.05. The Bertz CT molecular complexity index is 249. The van der Waals surface area contributed by atoms with E-state index in [1.165, 1.54) is 5.56 Å². The zero-order chi connectivity index (χ0) is 10.4. The molecule has 1 rings (SSSR count). The van der Waals surface area contributed by atoms with Crippen LogP contribution in [0.15, 0.2) is 24.5 Å². The number of nitrogens with one attached hydrogen (secondary N) is 1. The van der Waals surface area contributed by atoms with Crippen molar-refractivity contribution in [1.82, 2.24) is 10.3 Å². The first kappa shape index (κ1) is 11.1. The first-order valence-corrected chi connectivity index (χ1v) is 4.93. The van der Waals surface area contributed by atoms with Gasteiger partial charge in [-0.15, -0.1) is 0 Å². The molecule has 14 heavy (non-hydrogen) atoms. The Morgan fingerprint density at radius 1 is 1.36 bits per heavy atom. The lowest BCUT2D eigenvalue weighted by molar-refractivity contribution is 0.0626. The van der Waals surface area contributed by atoms with Crippen molar-refractivity contribution in [2.45, 2.75) is 26.0 Å². The molecule has 1 atom stereocenters. The Labute approximate surface area is 85.5 Å². The van der Waals surface area contributed by atoms with Crippen molar-refractivity contribution in [3.8, 4) is 0 Å². The van der Waals surface area contributed by atoms with E-state index in [0.29, 0.717) is 6.61 Å². The average molecular weight is 194 g/mol. The van der Waals surface area contributed by atoms with Crippen LogP contribution in [0.25, 0.3) is 0 Å². The molecule has 0 spiro atoms. The molecule has 1 unspecified atom stereocenters. The number of ether oxygens (including phenoxy) is 1. The Hall–Kier alpha value is -0.930. The van der Waals surface area contributed by atoms with Crippen molar-refractivity contribution in [1.29, 1.82) is 0 Å². The third-order valence-corrected chi connectivity index (χ3v) is 2.05. The summed E-state index contributed by atoms with van der Waals surface area (Å²) < 4.78 is 5.57. The predicted molar refractivity (Wildman–Crippen MR) is 57.1 cm³/mol. The van der Waals surface area contributed by atoms with Gasteiger partial charge in [0.2, 0.25) is 0 Å². The van der Waals surface area contributed by atoms with Crippen molar-refractivity contribution in [2.75, 3.05) is 13.7 Å². The highest BCUT2D eigenvalue weighted by Gasteiger charge is 2.09. The minimum absolute atomic E-state index is 0.250. The molecule has 78 valence electrons.